The molecule has 1 heterocycles. The van der Waals surface area contributed by atoms with Gasteiger partial charge in [0.1, 0.15) is 5.75 Å². The second kappa shape index (κ2) is 8.10. The van der Waals surface area contributed by atoms with Gasteiger partial charge in [0.2, 0.25) is 0 Å². The molecule has 1 aliphatic rings. The highest BCUT2D eigenvalue weighted by atomic mass is 127. The summed E-state index contributed by atoms with van der Waals surface area (Å²) in [5.74, 6) is -0.811. The number of nitrogens with zero attached hydrogens (tertiary/aromatic N) is 2. The molecule has 10 heteroatoms. The first-order valence-corrected chi connectivity index (χ1v) is 8.96. The number of hydrogen-bond acceptors (Lipinski definition) is 7. The van der Waals surface area contributed by atoms with Crippen molar-refractivity contribution in [3.8, 4) is 5.75 Å². The summed E-state index contributed by atoms with van der Waals surface area (Å²) in [7, 11) is 1.23. The minimum Gasteiger partial charge on any atom is -0.506 e. The Morgan fingerprint density at radius 1 is 1.39 bits per heavy atom. The summed E-state index contributed by atoms with van der Waals surface area (Å²) in [5.41, 5.74) is 0.764. The van der Waals surface area contributed by atoms with Gasteiger partial charge in [-0.15, -0.1) is 5.10 Å². The molecule has 0 unspecified atom stereocenters. The van der Waals surface area contributed by atoms with Gasteiger partial charge >= 0.3 is 5.97 Å². The Hall–Kier alpha value is -1.15. The molecule has 0 spiro atoms. The fourth-order valence-electron chi connectivity index (χ4n) is 1.45. The number of amidine groups is 1. The molecular weight excluding hydrogens is 548 g/mol. The Bertz CT molecular complexity index is 739. The van der Waals surface area contributed by atoms with Gasteiger partial charge in [0.15, 0.2) is 5.17 Å². The maximum absolute atomic E-state index is 11.6. The number of carbonyl (C=O) groups excluding carboxylic acids is 2. The lowest BCUT2D eigenvalue weighted by molar-refractivity contribution is -0.135. The maximum Gasteiger partial charge on any atom is 0.331 e. The summed E-state index contributed by atoms with van der Waals surface area (Å²) >= 11 is 5.04. The fraction of sp³-hybridized carbons (Fsp3) is 0.0769. The Labute approximate surface area is 162 Å². The molecule has 1 amide bonds. The number of nitrogens with one attached hydrogen (secondary N) is 1. The van der Waals surface area contributed by atoms with Crippen LogP contribution in [0.2, 0.25) is 0 Å². The predicted octanol–water partition coefficient (Wildman–Crippen LogP) is 2.21. The second-order valence-corrected chi connectivity index (χ2v) is 7.43. The van der Waals surface area contributed by atoms with Crippen LogP contribution in [-0.2, 0) is 14.3 Å². The molecule has 23 heavy (non-hydrogen) atoms. The standard InChI is InChI=1S/C13H9I2N3O4S/c1-22-10(19)4-9-12(21)17-13(23-9)18-16-5-6-2-7(14)11(20)8(15)3-6/h2-5,20H,1H3,(H,17,18,21)/b9-4+,16-5?. The van der Waals surface area contributed by atoms with Crippen molar-refractivity contribution in [3.05, 3.63) is 35.8 Å². The number of carbonyl (C=O) groups is 2. The van der Waals surface area contributed by atoms with E-state index in [2.05, 4.69) is 20.3 Å². The van der Waals surface area contributed by atoms with Crippen molar-refractivity contribution in [1.29, 1.82) is 0 Å². The van der Waals surface area contributed by atoms with Crippen LogP contribution >= 0.6 is 56.9 Å². The summed E-state index contributed by atoms with van der Waals surface area (Å²) < 4.78 is 5.87. The van der Waals surface area contributed by atoms with E-state index in [1.807, 2.05) is 45.2 Å². The quantitative estimate of drug-likeness (QED) is 0.195. The van der Waals surface area contributed by atoms with E-state index in [9.17, 15) is 14.7 Å². The Morgan fingerprint density at radius 2 is 2.04 bits per heavy atom. The minimum atomic E-state index is -0.611. The molecular formula is C13H9I2N3O4S. The van der Waals surface area contributed by atoms with Gasteiger partial charge in [-0.1, -0.05) is 0 Å². The number of amides is 1. The predicted molar refractivity (Wildman–Crippen MR) is 104 cm³/mol. The molecule has 0 atom stereocenters. The monoisotopic (exact) mass is 557 g/mol. The topological polar surface area (TPSA) is 100 Å². The summed E-state index contributed by atoms with van der Waals surface area (Å²) in [6.07, 6.45) is 2.60. The molecule has 0 saturated carbocycles. The molecule has 0 aliphatic carbocycles. The second-order valence-electron chi connectivity index (χ2n) is 4.07. The number of benzene rings is 1. The Morgan fingerprint density at radius 3 is 2.65 bits per heavy atom. The Kier molecular flexibility index (Phi) is 6.41. The van der Waals surface area contributed by atoms with Crippen LogP contribution in [0.3, 0.4) is 0 Å². The largest absolute Gasteiger partial charge is 0.506 e. The third kappa shape index (κ3) is 4.91. The average Bonchev–Trinajstić information content (AvgIpc) is 2.84. The average molecular weight is 557 g/mol. The maximum atomic E-state index is 11.6. The first-order chi connectivity index (χ1) is 10.9. The van der Waals surface area contributed by atoms with Gasteiger partial charge in [0, 0.05) is 6.08 Å². The van der Waals surface area contributed by atoms with Gasteiger partial charge in [-0.05, 0) is 74.6 Å². The van der Waals surface area contributed by atoms with Gasteiger partial charge in [-0.2, -0.15) is 5.10 Å². The van der Waals surface area contributed by atoms with E-state index < -0.39 is 11.9 Å². The lowest BCUT2D eigenvalue weighted by Gasteiger charge is -2.01. The normalized spacial score (nSPS) is 18.0. The van der Waals surface area contributed by atoms with E-state index in [0.29, 0.717) is 7.14 Å². The van der Waals surface area contributed by atoms with Gasteiger partial charge in [-0.3, -0.25) is 10.1 Å². The lowest BCUT2D eigenvalue weighted by Crippen LogP contribution is -2.19. The SMILES string of the molecule is COC(=O)/C=C1/S/C(=N\N=Cc2cc(I)c(O)c(I)c2)NC1=O. The van der Waals surface area contributed by atoms with Gasteiger partial charge in [-0.25, -0.2) is 4.79 Å². The van der Waals surface area contributed by atoms with Gasteiger partial charge in [0.25, 0.3) is 5.91 Å². The van der Waals surface area contributed by atoms with E-state index in [1.165, 1.54) is 13.3 Å². The van der Waals surface area contributed by atoms with Crippen molar-refractivity contribution in [3.63, 3.8) is 0 Å². The van der Waals surface area contributed by atoms with Crippen LogP contribution in [0.25, 0.3) is 0 Å². The number of rotatable bonds is 3. The van der Waals surface area contributed by atoms with Crippen molar-refractivity contribution < 1.29 is 19.4 Å². The van der Waals surface area contributed by atoms with E-state index >= 15 is 0 Å². The molecule has 1 fully saturated rings. The molecule has 1 aliphatic heterocycles. The number of thioether (sulfide) groups is 1. The van der Waals surface area contributed by atoms with Crippen LogP contribution < -0.4 is 5.32 Å². The van der Waals surface area contributed by atoms with Crippen LogP contribution in [0.15, 0.2) is 33.3 Å². The van der Waals surface area contributed by atoms with Crippen LogP contribution in [-0.4, -0.2) is 35.5 Å². The Balaban J connectivity index is 2.11. The lowest BCUT2D eigenvalue weighted by atomic mass is 10.2. The summed E-state index contributed by atoms with van der Waals surface area (Å²) in [4.78, 5) is 22.9. The highest BCUT2D eigenvalue weighted by Crippen LogP contribution is 2.27. The number of halogens is 2. The molecule has 1 aromatic rings. The van der Waals surface area contributed by atoms with E-state index in [1.54, 1.807) is 12.1 Å². The zero-order chi connectivity index (χ0) is 17.0. The molecule has 2 N–H and O–H groups in total. The highest BCUT2D eigenvalue weighted by molar-refractivity contribution is 14.1. The van der Waals surface area contributed by atoms with Crippen molar-refractivity contribution >= 4 is 80.2 Å². The third-order valence-corrected chi connectivity index (χ3v) is 5.04. The van der Waals surface area contributed by atoms with Crippen LogP contribution in [0.4, 0.5) is 0 Å². The molecule has 2 rings (SSSR count). The zero-order valence-corrected chi connectivity index (χ0v) is 16.7. The number of esters is 1. The van der Waals surface area contributed by atoms with Crippen LogP contribution in [0, 0.1) is 7.14 Å². The van der Waals surface area contributed by atoms with Crippen LogP contribution in [0.1, 0.15) is 5.56 Å². The number of phenols is 1. The van der Waals surface area contributed by atoms with Crippen LogP contribution in [0.5, 0.6) is 5.75 Å². The fourth-order valence-corrected chi connectivity index (χ4v) is 4.00. The van der Waals surface area contributed by atoms with Crippen molar-refractivity contribution in [2.24, 2.45) is 10.2 Å². The zero-order valence-electron chi connectivity index (χ0n) is 11.5. The van der Waals surface area contributed by atoms with Gasteiger partial charge in [0.05, 0.1) is 25.4 Å². The number of ether oxygens (including phenoxy) is 1. The van der Waals surface area contributed by atoms with E-state index in [4.69, 9.17) is 0 Å². The number of aromatic hydroxyl groups is 1. The first kappa shape index (κ1) is 18.2. The number of hydrogen-bond donors (Lipinski definition) is 2. The summed E-state index contributed by atoms with van der Waals surface area (Å²) in [6.45, 7) is 0. The van der Waals surface area contributed by atoms with Crippen molar-refractivity contribution in [2.45, 2.75) is 0 Å². The summed E-state index contributed by atoms with van der Waals surface area (Å²) in [6, 6.07) is 3.51. The molecule has 0 radical (unpaired) electrons. The molecule has 0 bridgehead atoms. The summed E-state index contributed by atoms with van der Waals surface area (Å²) in [5, 5.41) is 20.2. The highest BCUT2D eigenvalue weighted by Gasteiger charge is 2.24. The smallest absolute Gasteiger partial charge is 0.331 e. The van der Waals surface area contributed by atoms with E-state index in [0.717, 1.165) is 23.4 Å². The van der Waals surface area contributed by atoms with Crippen molar-refractivity contribution in [2.75, 3.05) is 7.11 Å². The molecule has 0 aromatic heterocycles. The van der Waals surface area contributed by atoms with E-state index in [-0.39, 0.29) is 15.8 Å². The van der Waals surface area contributed by atoms with Crippen molar-refractivity contribution in [1.82, 2.24) is 5.32 Å². The first-order valence-electron chi connectivity index (χ1n) is 5.98. The third-order valence-electron chi connectivity index (χ3n) is 2.50. The molecule has 1 aromatic carbocycles. The molecule has 7 nitrogen and oxygen atoms in total. The number of methoxy groups -OCH3 is 1. The molecule has 1 saturated heterocycles. The molecule has 120 valence electrons. The minimum absolute atomic E-state index is 0.194. The van der Waals surface area contributed by atoms with Gasteiger partial charge < -0.3 is 9.84 Å². The number of phenolic OH excluding ortho intramolecular Hbond substituents is 1.